The zero-order valence-corrected chi connectivity index (χ0v) is 10.7. The molecule has 0 bridgehead atoms. The molecule has 0 atom stereocenters. The molecule has 0 saturated carbocycles. The molecule has 2 aromatic rings. The first-order valence-electron chi connectivity index (χ1n) is 5.88. The highest BCUT2D eigenvalue weighted by molar-refractivity contribution is 5.93. The third-order valence-electron chi connectivity index (χ3n) is 2.53. The number of benzene rings is 2. The van der Waals surface area contributed by atoms with Crippen molar-refractivity contribution in [1.82, 2.24) is 0 Å². The molecule has 6 nitrogen and oxygen atoms in total. The maximum absolute atomic E-state index is 9.28. The van der Waals surface area contributed by atoms with E-state index in [9.17, 15) is 5.11 Å². The predicted molar refractivity (Wildman–Crippen MR) is 80.6 cm³/mol. The van der Waals surface area contributed by atoms with Gasteiger partial charge in [0.1, 0.15) is 5.75 Å². The van der Waals surface area contributed by atoms with Crippen LogP contribution in [0.15, 0.2) is 58.5 Å². The zero-order valence-electron chi connectivity index (χ0n) is 10.7. The highest BCUT2D eigenvalue weighted by Gasteiger charge is 2.00. The van der Waals surface area contributed by atoms with E-state index in [-0.39, 0.29) is 17.7 Å². The molecule has 0 spiro atoms. The summed E-state index contributed by atoms with van der Waals surface area (Å²) in [5.41, 5.74) is 18.6. The number of guanidine groups is 2. The van der Waals surface area contributed by atoms with Crippen molar-refractivity contribution in [2.24, 2.45) is 27.2 Å². The number of phenolic OH excluding ortho intramolecular Hbond substituents is 1. The summed E-state index contributed by atoms with van der Waals surface area (Å²) < 4.78 is 0. The van der Waals surface area contributed by atoms with Crippen molar-refractivity contribution in [1.29, 1.82) is 0 Å². The van der Waals surface area contributed by atoms with Crippen molar-refractivity contribution >= 4 is 17.6 Å². The standard InChI is InChI=1S/C14H15N5O/c15-13(16)19-14(17)18-11-3-1-2-10(8-11)9-4-6-12(20)7-5-9/h1-8,20H,(H6,15,16,17,18,19). The summed E-state index contributed by atoms with van der Waals surface area (Å²) in [5.74, 6) is 0.0775. The zero-order chi connectivity index (χ0) is 14.5. The molecule has 0 heterocycles. The Morgan fingerprint density at radius 2 is 1.60 bits per heavy atom. The average Bonchev–Trinajstić information content (AvgIpc) is 2.38. The molecule has 102 valence electrons. The second-order valence-electron chi connectivity index (χ2n) is 4.10. The Hall–Kier alpha value is -3.02. The fourth-order valence-corrected chi connectivity index (χ4v) is 1.70. The van der Waals surface area contributed by atoms with Gasteiger partial charge in [-0.05, 0) is 35.4 Å². The number of hydrogen-bond donors (Lipinski definition) is 4. The van der Waals surface area contributed by atoms with Crippen LogP contribution in [0.3, 0.4) is 0 Å². The van der Waals surface area contributed by atoms with Gasteiger partial charge in [0, 0.05) is 0 Å². The lowest BCUT2D eigenvalue weighted by atomic mass is 10.1. The van der Waals surface area contributed by atoms with E-state index in [1.165, 1.54) is 0 Å². The van der Waals surface area contributed by atoms with Gasteiger partial charge in [0.05, 0.1) is 5.69 Å². The quantitative estimate of drug-likeness (QED) is 0.484. The minimum absolute atomic E-state index is 0.00661. The van der Waals surface area contributed by atoms with Gasteiger partial charge in [0.15, 0.2) is 5.96 Å². The van der Waals surface area contributed by atoms with Crippen molar-refractivity contribution < 1.29 is 5.11 Å². The minimum atomic E-state index is -0.138. The molecule has 6 heteroatoms. The van der Waals surface area contributed by atoms with Gasteiger partial charge in [-0.3, -0.25) is 0 Å². The van der Waals surface area contributed by atoms with Crippen LogP contribution < -0.4 is 17.2 Å². The third-order valence-corrected chi connectivity index (χ3v) is 2.53. The summed E-state index contributed by atoms with van der Waals surface area (Å²) in [6, 6.07) is 14.3. The van der Waals surface area contributed by atoms with Crippen LogP contribution in [0.1, 0.15) is 0 Å². The van der Waals surface area contributed by atoms with Gasteiger partial charge in [-0.2, -0.15) is 4.99 Å². The minimum Gasteiger partial charge on any atom is -0.508 e. The van der Waals surface area contributed by atoms with E-state index in [4.69, 9.17) is 17.2 Å². The molecule has 7 N–H and O–H groups in total. The van der Waals surface area contributed by atoms with Crippen LogP contribution in [0.4, 0.5) is 5.69 Å². The van der Waals surface area contributed by atoms with E-state index < -0.39 is 0 Å². The molecular formula is C14H15N5O. The van der Waals surface area contributed by atoms with Crippen LogP contribution in [-0.4, -0.2) is 17.0 Å². The Kier molecular flexibility index (Phi) is 3.85. The molecule has 0 fully saturated rings. The molecule has 0 aliphatic heterocycles. The van der Waals surface area contributed by atoms with Gasteiger partial charge >= 0.3 is 0 Å². The van der Waals surface area contributed by atoms with Crippen LogP contribution in [0.2, 0.25) is 0 Å². The second-order valence-corrected chi connectivity index (χ2v) is 4.10. The number of aromatic hydroxyl groups is 1. The van der Waals surface area contributed by atoms with Gasteiger partial charge < -0.3 is 22.3 Å². The van der Waals surface area contributed by atoms with Gasteiger partial charge in [-0.15, -0.1) is 0 Å². The van der Waals surface area contributed by atoms with Crippen molar-refractivity contribution in [3.63, 3.8) is 0 Å². The second kappa shape index (κ2) is 5.75. The molecule has 0 aliphatic rings. The first kappa shape index (κ1) is 13.4. The van der Waals surface area contributed by atoms with Crippen molar-refractivity contribution in [2.45, 2.75) is 0 Å². The van der Waals surface area contributed by atoms with Gasteiger partial charge in [-0.1, -0.05) is 24.3 Å². The number of phenols is 1. The molecule has 0 radical (unpaired) electrons. The Morgan fingerprint density at radius 1 is 0.900 bits per heavy atom. The number of aliphatic imine (C=N–C) groups is 2. The molecule has 0 saturated heterocycles. The molecule has 2 aromatic carbocycles. The molecule has 2 rings (SSSR count). The maximum Gasteiger partial charge on any atom is 0.223 e. The SMILES string of the molecule is NC(N)=NC(N)=Nc1cccc(-c2ccc(O)cc2)c1. The van der Waals surface area contributed by atoms with E-state index in [0.29, 0.717) is 5.69 Å². The summed E-state index contributed by atoms with van der Waals surface area (Å²) in [4.78, 5) is 7.75. The highest BCUT2D eigenvalue weighted by Crippen LogP contribution is 2.25. The number of nitrogens with zero attached hydrogens (tertiary/aromatic N) is 2. The number of nitrogens with two attached hydrogens (primary N) is 3. The van der Waals surface area contributed by atoms with Crippen LogP contribution in [0.25, 0.3) is 11.1 Å². The van der Waals surface area contributed by atoms with E-state index >= 15 is 0 Å². The van der Waals surface area contributed by atoms with Crippen LogP contribution in [-0.2, 0) is 0 Å². The van der Waals surface area contributed by atoms with E-state index in [1.54, 1.807) is 18.2 Å². The van der Waals surface area contributed by atoms with Crippen molar-refractivity contribution in [3.05, 3.63) is 48.5 Å². The summed E-state index contributed by atoms with van der Waals surface area (Å²) in [6.45, 7) is 0. The summed E-state index contributed by atoms with van der Waals surface area (Å²) in [7, 11) is 0. The molecular weight excluding hydrogens is 254 g/mol. The first-order chi connectivity index (χ1) is 9.54. The molecule has 0 aromatic heterocycles. The normalized spacial score (nSPS) is 11.1. The van der Waals surface area contributed by atoms with Gasteiger partial charge in [0.25, 0.3) is 0 Å². The first-order valence-corrected chi connectivity index (χ1v) is 5.88. The van der Waals surface area contributed by atoms with Gasteiger partial charge in [-0.25, -0.2) is 4.99 Å². The molecule has 0 unspecified atom stereocenters. The Morgan fingerprint density at radius 3 is 2.25 bits per heavy atom. The average molecular weight is 269 g/mol. The van der Waals surface area contributed by atoms with E-state index in [1.807, 2.05) is 30.3 Å². The summed E-state index contributed by atoms with van der Waals surface area (Å²) >= 11 is 0. The Labute approximate surface area is 116 Å². The fourth-order valence-electron chi connectivity index (χ4n) is 1.70. The van der Waals surface area contributed by atoms with E-state index in [2.05, 4.69) is 9.98 Å². The van der Waals surface area contributed by atoms with Crippen LogP contribution in [0, 0.1) is 0 Å². The smallest absolute Gasteiger partial charge is 0.223 e. The lowest BCUT2D eigenvalue weighted by Gasteiger charge is -2.03. The number of hydrogen-bond acceptors (Lipinski definition) is 2. The van der Waals surface area contributed by atoms with E-state index in [0.717, 1.165) is 11.1 Å². The summed E-state index contributed by atoms with van der Waals surface area (Å²) in [6.07, 6.45) is 0. The Bertz CT molecular complexity index is 658. The molecule has 0 amide bonds. The van der Waals surface area contributed by atoms with Crippen molar-refractivity contribution in [3.8, 4) is 16.9 Å². The van der Waals surface area contributed by atoms with Crippen LogP contribution >= 0.6 is 0 Å². The Balaban J connectivity index is 2.33. The number of rotatable bonds is 2. The lowest BCUT2D eigenvalue weighted by molar-refractivity contribution is 0.475. The van der Waals surface area contributed by atoms with Gasteiger partial charge in [0.2, 0.25) is 5.96 Å². The van der Waals surface area contributed by atoms with Crippen molar-refractivity contribution in [2.75, 3.05) is 0 Å². The maximum atomic E-state index is 9.28. The largest absolute Gasteiger partial charge is 0.508 e. The molecule has 20 heavy (non-hydrogen) atoms. The fraction of sp³-hybridized carbons (Fsp3) is 0. The van der Waals surface area contributed by atoms with Crippen LogP contribution in [0.5, 0.6) is 5.75 Å². The lowest BCUT2D eigenvalue weighted by Crippen LogP contribution is -2.26. The monoisotopic (exact) mass is 269 g/mol. The topological polar surface area (TPSA) is 123 Å². The predicted octanol–water partition coefficient (Wildman–Crippen LogP) is 1.28. The third kappa shape index (κ3) is 3.49. The highest BCUT2D eigenvalue weighted by atomic mass is 16.3. The summed E-state index contributed by atoms with van der Waals surface area (Å²) in [5, 5.41) is 9.28. The molecule has 0 aliphatic carbocycles.